The van der Waals surface area contributed by atoms with Crippen LogP contribution >= 0.6 is 0 Å². The summed E-state index contributed by atoms with van der Waals surface area (Å²) >= 11 is 0. The Bertz CT molecular complexity index is 780. The monoisotopic (exact) mass is 344 g/mol. The maximum Gasteiger partial charge on any atom is 0.313 e. The van der Waals surface area contributed by atoms with Crippen LogP contribution in [0, 0.1) is 27.7 Å². The van der Waals surface area contributed by atoms with E-state index in [9.17, 15) is 14.7 Å². The van der Waals surface area contributed by atoms with Gasteiger partial charge in [-0.2, -0.15) is 0 Å². The lowest BCUT2D eigenvalue weighted by atomic mass is 10.1. The van der Waals surface area contributed by atoms with Gasteiger partial charge in [-0.3, -0.25) is 9.59 Å². The molecule has 1 heterocycles. The van der Waals surface area contributed by atoms with Crippen LogP contribution in [0.25, 0.3) is 0 Å². The maximum atomic E-state index is 11.9. The van der Waals surface area contributed by atoms with E-state index >= 15 is 0 Å². The Morgan fingerprint density at radius 1 is 1.08 bits per heavy atom. The molecule has 6 heteroatoms. The molecule has 25 heavy (non-hydrogen) atoms. The van der Waals surface area contributed by atoms with Gasteiger partial charge in [0.25, 0.3) is 0 Å². The molecule has 0 bridgehead atoms. The first-order valence-electron chi connectivity index (χ1n) is 8.19. The fourth-order valence-corrected chi connectivity index (χ4v) is 2.55. The Balaban J connectivity index is 1.82. The van der Waals surface area contributed by atoms with Crippen molar-refractivity contribution in [2.45, 2.75) is 40.2 Å². The Morgan fingerprint density at radius 2 is 1.80 bits per heavy atom. The maximum absolute atomic E-state index is 11.9. The number of hydrogen-bond donors (Lipinski definition) is 3. The van der Waals surface area contributed by atoms with E-state index in [1.165, 1.54) is 0 Å². The molecule has 3 N–H and O–H groups in total. The number of aryl methyl sites for hydroxylation is 4. The van der Waals surface area contributed by atoms with Gasteiger partial charge in [0.1, 0.15) is 11.5 Å². The SMILES string of the molecule is Cc1cc(C(O)CCNC(=O)C(=O)Nc2ccc(C)c(C)c2)c(C)o1. The average Bonchev–Trinajstić information content (AvgIpc) is 2.89. The minimum absolute atomic E-state index is 0.185. The van der Waals surface area contributed by atoms with Crippen molar-refractivity contribution in [1.29, 1.82) is 0 Å². The summed E-state index contributed by atoms with van der Waals surface area (Å²) in [5.41, 5.74) is 3.42. The second-order valence-corrected chi connectivity index (χ2v) is 6.18. The third-order valence-electron chi connectivity index (χ3n) is 4.11. The number of rotatable bonds is 5. The topological polar surface area (TPSA) is 91.6 Å². The van der Waals surface area contributed by atoms with Crippen LogP contribution in [0.3, 0.4) is 0 Å². The third kappa shape index (κ3) is 4.93. The Morgan fingerprint density at radius 3 is 2.40 bits per heavy atom. The lowest BCUT2D eigenvalue weighted by Gasteiger charge is -2.11. The number of aliphatic hydroxyl groups is 1. The van der Waals surface area contributed by atoms with E-state index < -0.39 is 17.9 Å². The fraction of sp³-hybridized carbons (Fsp3) is 0.368. The van der Waals surface area contributed by atoms with Gasteiger partial charge in [-0.15, -0.1) is 0 Å². The van der Waals surface area contributed by atoms with E-state index in [1.54, 1.807) is 19.1 Å². The summed E-state index contributed by atoms with van der Waals surface area (Å²) in [7, 11) is 0. The van der Waals surface area contributed by atoms with Crippen LogP contribution < -0.4 is 10.6 Å². The van der Waals surface area contributed by atoms with Gasteiger partial charge in [0, 0.05) is 17.8 Å². The molecule has 2 rings (SSSR count). The predicted molar refractivity (Wildman–Crippen MR) is 95.3 cm³/mol. The van der Waals surface area contributed by atoms with Crippen molar-refractivity contribution in [2.75, 3.05) is 11.9 Å². The number of carbonyl (C=O) groups excluding carboxylic acids is 2. The number of carbonyl (C=O) groups is 2. The highest BCUT2D eigenvalue weighted by Gasteiger charge is 2.17. The quantitative estimate of drug-likeness (QED) is 0.727. The molecule has 0 aliphatic heterocycles. The van der Waals surface area contributed by atoms with Crippen molar-refractivity contribution < 1.29 is 19.1 Å². The smallest absolute Gasteiger partial charge is 0.313 e. The van der Waals surface area contributed by atoms with Gasteiger partial charge in [0.05, 0.1) is 6.10 Å². The first-order valence-corrected chi connectivity index (χ1v) is 8.19. The minimum Gasteiger partial charge on any atom is -0.466 e. The number of aliphatic hydroxyl groups excluding tert-OH is 1. The van der Waals surface area contributed by atoms with Crippen LogP contribution in [0.5, 0.6) is 0 Å². The standard InChI is InChI=1S/C19H24N2O4/c1-11-5-6-15(9-12(11)2)21-19(24)18(23)20-8-7-17(22)16-10-13(3)25-14(16)4/h5-6,9-10,17,22H,7-8H2,1-4H3,(H,20,23)(H,21,24). The van der Waals surface area contributed by atoms with E-state index in [0.29, 0.717) is 23.4 Å². The molecule has 2 amide bonds. The number of benzene rings is 1. The second kappa shape index (κ2) is 7.98. The zero-order valence-corrected chi connectivity index (χ0v) is 15.0. The van der Waals surface area contributed by atoms with Gasteiger partial charge < -0.3 is 20.2 Å². The summed E-state index contributed by atoms with van der Waals surface area (Å²) < 4.78 is 5.37. The molecule has 1 unspecified atom stereocenters. The lowest BCUT2D eigenvalue weighted by Crippen LogP contribution is -2.36. The number of amides is 2. The Labute approximate surface area is 147 Å². The first-order chi connectivity index (χ1) is 11.8. The number of nitrogens with one attached hydrogen (secondary N) is 2. The second-order valence-electron chi connectivity index (χ2n) is 6.18. The molecule has 0 radical (unpaired) electrons. The molecule has 0 fully saturated rings. The van der Waals surface area contributed by atoms with Crippen LogP contribution in [0.2, 0.25) is 0 Å². The van der Waals surface area contributed by atoms with Crippen LogP contribution in [0.1, 0.15) is 40.7 Å². The predicted octanol–water partition coefficient (Wildman–Crippen LogP) is 2.69. The molecule has 0 spiro atoms. The summed E-state index contributed by atoms with van der Waals surface area (Å²) in [6.07, 6.45) is -0.455. The molecule has 2 aromatic rings. The van der Waals surface area contributed by atoms with Crippen molar-refractivity contribution >= 4 is 17.5 Å². The van der Waals surface area contributed by atoms with E-state index in [-0.39, 0.29) is 6.54 Å². The number of anilines is 1. The van der Waals surface area contributed by atoms with Crippen molar-refractivity contribution in [3.63, 3.8) is 0 Å². The summed E-state index contributed by atoms with van der Waals surface area (Å²) in [6.45, 7) is 7.68. The zero-order valence-electron chi connectivity index (χ0n) is 15.0. The van der Waals surface area contributed by atoms with Crippen molar-refractivity contribution in [3.05, 3.63) is 52.5 Å². The van der Waals surface area contributed by atoms with Gasteiger partial charge >= 0.3 is 11.8 Å². The minimum atomic E-state index is -0.749. The molecule has 134 valence electrons. The van der Waals surface area contributed by atoms with E-state index in [4.69, 9.17) is 4.42 Å². The van der Waals surface area contributed by atoms with Gasteiger partial charge in [-0.05, 0) is 63.4 Å². The van der Waals surface area contributed by atoms with Crippen LogP contribution in [-0.2, 0) is 9.59 Å². The molecule has 1 atom stereocenters. The van der Waals surface area contributed by atoms with Crippen molar-refractivity contribution in [1.82, 2.24) is 5.32 Å². The van der Waals surface area contributed by atoms with Crippen molar-refractivity contribution in [3.8, 4) is 0 Å². The Hall–Kier alpha value is -2.60. The van der Waals surface area contributed by atoms with Gasteiger partial charge in [0.2, 0.25) is 0 Å². The summed E-state index contributed by atoms with van der Waals surface area (Å²) in [5, 5.41) is 15.2. The molecular weight excluding hydrogens is 320 g/mol. The van der Waals surface area contributed by atoms with Crippen LogP contribution in [0.4, 0.5) is 5.69 Å². The van der Waals surface area contributed by atoms with Crippen LogP contribution in [0.15, 0.2) is 28.7 Å². The number of furan rings is 1. The largest absolute Gasteiger partial charge is 0.466 e. The third-order valence-corrected chi connectivity index (χ3v) is 4.11. The molecule has 0 saturated heterocycles. The first kappa shape index (κ1) is 18.7. The molecular formula is C19H24N2O4. The van der Waals surface area contributed by atoms with Gasteiger partial charge in [-0.25, -0.2) is 0 Å². The molecule has 0 saturated carbocycles. The van der Waals surface area contributed by atoms with Gasteiger partial charge in [0.15, 0.2) is 0 Å². The number of hydrogen-bond acceptors (Lipinski definition) is 4. The fourth-order valence-electron chi connectivity index (χ4n) is 2.55. The normalized spacial score (nSPS) is 11.9. The molecule has 6 nitrogen and oxygen atoms in total. The molecule has 1 aromatic heterocycles. The van der Waals surface area contributed by atoms with Gasteiger partial charge in [-0.1, -0.05) is 6.07 Å². The van der Waals surface area contributed by atoms with E-state index in [2.05, 4.69) is 10.6 Å². The summed E-state index contributed by atoms with van der Waals surface area (Å²) in [4.78, 5) is 23.8. The highest BCUT2D eigenvalue weighted by atomic mass is 16.3. The van der Waals surface area contributed by atoms with Crippen LogP contribution in [-0.4, -0.2) is 23.5 Å². The van der Waals surface area contributed by atoms with E-state index in [1.807, 2.05) is 32.9 Å². The van der Waals surface area contributed by atoms with E-state index in [0.717, 1.165) is 16.9 Å². The molecule has 1 aromatic carbocycles. The molecule has 0 aliphatic carbocycles. The van der Waals surface area contributed by atoms with Crippen molar-refractivity contribution in [2.24, 2.45) is 0 Å². The highest BCUT2D eigenvalue weighted by molar-refractivity contribution is 6.39. The lowest BCUT2D eigenvalue weighted by molar-refractivity contribution is -0.136. The summed E-state index contributed by atoms with van der Waals surface area (Å²) in [5.74, 6) is -0.0780. The highest BCUT2D eigenvalue weighted by Crippen LogP contribution is 2.23. The Kier molecular flexibility index (Phi) is 5.98. The summed E-state index contributed by atoms with van der Waals surface area (Å²) in [6, 6.07) is 7.22. The zero-order chi connectivity index (χ0) is 18.6. The average molecular weight is 344 g/mol. The molecule has 0 aliphatic rings.